The summed E-state index contributed by atoms with van der Waals surface area (Å²) in [6.45, 7) is 2.60. The van der Waals surface area contributed by atoms with E-state index in [9.17, 15) is 13.2 Å². The normalized spacial score (nSPS) is 11.2. The zero-order valence-electron chi connectivity index (χ0n) is 10.7. The molecule has 0 fully saturated rings. The molecule has 1 heterocycles. The van der Waals surface area contributed by atoms with Crippen molar-refractivity contribution < 1.29 is 13.2 Å². The number of nitrogens with one attached hydrogen (secondary N) is 2. The van der Waals surface area contributed by atoms with Crippen LogP contribution in [-0.4, -0.2) is 32.4 Å². The molecule has 1 aromatic heterocycles. The number of pyridine rings is 1. The lowest BCUT2D eigenvalue weighted by Gasteiger charge is -2.10. The van der Waals surface area contributed by atoms with Crippen LogP contribution in [0.5, 0.6) is 0 Å². The van der Waals surface area contributed by atoms with Crippen molar-refractivity contribution in [2.24, 2.45) is 5.73 Å². The molecule has 7 nitrogen and oxygen atoms in total. The molecule has 0 radical (unpaired) electrons. The number of nitrogens with two attached hydrogens (primary N) is 1. The molecule has 0 aliphatic rings. The molecule has 19 heavy (non-hydrogen) atoms. The van der Waals surface area contributed by atoms with Gasteiger partial charge in [-0.1, -0.05) is 0 Å². The molecule has 0 saturated heterocycles. The van der Waals surface area contributed by atoms with E-state index < -0.39 is 15.9 Å². The summed E-state index contributed by atoms with van der Waals surface area (Å²) in [7, 11) is -3.69. The van der Waals surface area contributed by atoms with E-state index in [-0.39, 0.29) is 18.0 Å². The number of sulfonamides is 1. The summed E-state index contributed by atoms with van der Waals surface area (Å²) in [5, 5.41) is 2.89. The van der Waals surface area contributed by atoms with E-state index in [4.69, 9.17) is 5.73 Å². The number of nitrogens with zero attached hydrogens (tertiary/aromatic N) is 1. The molecule has 106 valence electrons. The maximum Gasteiger partial charge on any atom is 0.260 e. The monoisotopic (exact) mass is 286 g/mol. The van der Waals surface area contributed by atoms with Gasteiger partial charge in [0.15, 0.2) is 5.03 Å². The second kappa shape index (κ2) is 7.05. The van der Waals surface area contributed by atoms with Crippen molar-refractivity contribution in [3.05, 3.63) is 18.3 Å². The van der Waals surface area contributed by atoms with E-state index in [0.29, 0.717) is 18.7 Å². The number of hydrogen-bond acceptors (Lipinski definition) is 5. The van der Waals surface area contributed by atoms with E-state index in [1.807, 2.05) is 6.92 Å². The minimum Gasteiger partial charge on any atom is -0.383 e. The summed E-state index contributed by atoms with van der Waals surface area (Å²) in [5.74, 6) is -0.453. The second-order valence-corrected chi connectivity index (χ2v) is 5.54. The number of amides is 1. The minimum absolute atomic E-state index is 0.0454. The van der Waals surface area contributed by atoms with E-state index in [1.165, 1.54) is 6.20 Å². The summed E-state index contributed by atoms with van der Waals surface area (Å²) in [6, 6.07) is 3.30. The number of aromatic nitrogens is 1. The van der Waals surface area contributed by atoms with Crippen LogP contribution in [0, 0.1) is 0 Å². The van der Waals surface area contributed by atoms with Gasteiger partial charge in [-0.15, -0.1) is 0 Å². The fourth-order valence-corrected chi connectivity index (χ4v) is 2.65. The third-order valence-corrected chi connectivity index (χ3v) is 3.70. The molecule has 0 atom stereocenters. The Morgan fingerprint density at radius 1 is 1.47 bits per heavy atom. The van der Waals surface area contributed by atoms with Crippen molar-refractivity contribution in [3.8, 4) is 0 Å². The maximum absolute atomic E-state index is 12.0. The first-order valence-corrected chi connectivity index (χ1v) is 7.42. The Kier molecular flexibility index (Phi) is 5.71. The molecule has 0 unspecified atom stereocenters. The molecular weight excluding hydrogens is 268 g/mol. The highest BCUT2D eigenvalue weighted by atomic mass is 32.2. The van der Waals surface area contributed by atoms with Gasteiger partial charge in [-0.05, 0) is 25.5 Å². The van der Waals surface area contributed by atoms with Crippen molar-refractivity contribution in [2.75, 3.05) is 18.4 Å². The molecular formula is C11H18N4O3S. The Balaban J connectivity index is 2.74. The number of primary amides is 1. The van der Waals surface area contributed by atoms with Crippen LogP contribution in [0.1, 0.15) is 19.8 Å². The zero-order chi connectivity index (χ0) is 14.3. The molecule has 1 aromatic rings. The molecule has 8 heteroatoms. The van der Waals surface area contributed by atoms with Gasteiger partial charge in [-0.25, -0.2) is 18.1 Å². The van der Waals surface area contributed by atoms with Crippen molar-refractivity contribution >= 4 is 21.6 Å². The smallest absolute Gasteiger partial charge is 0.260 e. The molecule has 0 aliphatic heterocycles. The van der Waals surface area contributed by atoms with E-state index in [2.05, 4.69) is 15.0 Å². The standard InChI is InChI=1S/C11H18N4O3S/c1-2-13-9-5-3-7-14-11(9)19(17,18)15-8-4-6-10(12)16/h3,5,7,13,15H,2,4,6,8H2,1H3,(H2,12,16). The highest BCUT2D eigenvalue weighted by Crippen LogP contribution is 2.17. The van der Waals surface area contributed by atoms with Gasteiger partial charge in [0.2, 0.25) is 5.91 Å². The second-order valence-electron chi connectivity index (χ2n) is 3.85. The molecule has 1 amide bonds. The van der Waals surface area contributed by atoms with Gasteiger partial charge in [-0.2, -0.15) is 0 Å². The third-order valence-electron chi connectivity index (χ3n) is 2.28. The third kappa shape index (κ3) is 4.84. The van der Waals surface area contributed by atoms with Gasteiger partial charge in [0.1, 0.15) is 0 Å². The predicted octanol–water partition coefficient (Wildman–Crippen LogP) is 0.0572. The lowest BCUT2D eigenvalue weighted by atomic mass is 10.3. The van der Waals surface area contributed by atoms with E-state index >= 15 is 0 Å². The van der Waals surface area contributed by atoms with E-state index in [0.717, 1.165) is 0 Å². The Morgan fingerprint density at radius 2 is 2.21 bits per heavy atom. The van der Waals surface area contributed by atoms with Crippen LogP contribution in [-0.2, 0) is 14.8 Å². The molecule has 0 aliphatic carbocycles. The molecule has 0 saturated carbocycles. The number of rotatable bonds is 8. The van der Waals surface area contributed by atoms with Gasteiger partial charge in [-0.3, -0.25) is 4.79 Å². The summed E-state index contributed by atoms with van der Waals surface area (Å²) < 4.78 is 26.5. The topological polar surface area (TPSA) is 114 Å². The summed E-state index contributed by atoms with van der Waals surface area (Å²) in [6.07, 6.45) is 1.92. The van der Waals surface area contributed by atoms with Crippen LogP contribution in [0.15, 0.2) is 23.4 Å². The van der Waals surface area contributed by atoms with Crippen LogP contribution >= 0.6 is 0 Å². The minimum atomic E-state index is -3.69. The molecule has 4 N–H and O–H groups in total. The van der Waals surface area contributed by atoms with Crippen molar-refractivity contribution in [1.29, 1.82) is 0 Å². The Morgan fingerprint density at radius 3 is 2.84 bits per heavy atom. The predicted molar refractivity (Wildman–Crippen MR) is 72.0 cm³/mol. The lowest BCUT2D eigenvalue weighted by Crippen LogP contribution is -2.27. The number of anilines is 1. The van der Waals surface area contributed by atoms with Crippen molar-refractivity contribution in [1.82, 2.24) is 9.71 Å². The number of carbonyl (C=O) groups is 1. The fraction of sp³-hybridized carbons (Fsp3) is 0.455. The van der Waals surface area contributed by atoms with Crippen LogP contribution in [0.2, 0.25) is 0 Å². The van der Waals surface area contributed by atoms with Gasteiger partial charge in [0.25, 0.3) is 10.0 Å². The molecule has 0 aromatic carbocycles. The Labute approximate surface area is 112 Å². The molecule has 0 bridgehead atoms. The average Bonchev–Trinajstić information content (AvgIpc) is 2.35. The summed E-state index contributed by atoms with van der Waals surface area (Å²) >= 11 is 0. The number of hydrogen-bond donors (Lipinski definition) is 3. The summed E-state index contributed by atoms with van der Waals surface area (Å²) in [5.41, 5.74) is 5.43. The Bertz CT molecular complexity index is 530. The van der Waals surface area contributed by atoms with Gasteiger partial charge in [0, 0.05) is 25.7 Å². The zero-order valence-corrected chi connectivity index (χ0v) is 11.5. The Hall–Kier alpha value is -1.67. The average molecular weight is 286 g/mol. The van der Waals surface area contributed by atoms with E-state index in [1.54, 1.807) is 12.1 Å². The first kappa shape index (κ1) is 15.4. The SMILES string of the molecule is CCNc1cccnc1S(=O)(=O)NCCCC(N)=O. The van der Waals surface area contributed by atoms with Crippen LogP contribution in [0.25, 0.3) is 0 Å². The van der Waals surface area contributed by atoms with Crippen LogP contribution in [0.3, 0.4) is 0 Å². The first-order valence-electron chi connectivity index (χ1n) is 5.94. The first-order chi connectivity index (χ1) is 8.97. The quantitative estimate of drug-likeness (QED) is 0.584. The highest BCUT2D eigenvalue weighted by Gasteiger charge is 2.19. The van der Waals surface area contributed by atoms with Crippen molar-refractivity contribution in [2.45, 2.75) is 24.8 Å². The lowest BCUT2D eigenvalue weighted by molar-refractivity contribution is -0.118. The van der Waals surface area contributed by atoms with Gasteiger partial charge >= 0.3 is 0 Å². The van der Waals surface area contributed by atoms with Gasteiger partial charge < -0.3 is 11.1 Å². The van der Waals surface area contributed by atoms with Crippen molar-refractivity contribution in [3.63, 3.8) is 0 Å². The molecule has 1 rings (SSSR count). The fourth-order valence-electron chi connectivity index (χ4n) is 1.47. The highest BCUT2D eigenvalue weighted by molar-refractivity contribution is 7.89. The van der Waals surface area contributed by atoms with Crippen LogP contribution in [0.4, 0.5) is 5.69 Å². The maximum atomic E-state index is 12.0. The van der Waals surface area contributed by atoms with Gasteiger partial charge in [0.05, 0.1) is 5.69 Å². The van der Waals surface area contributed by atoms with Crippen LogP contribution < -0.4 is 15.8 Å². The number of carbonyl (C=O) groups excluding carboxylic acids is 1. The molecule has 0 spiro atoms. The largest absolute Gasteiger partial charge is 0.383 e. The summed E-state index contributed by atoms with van der Waals surface area (Å²) in [4.78, 5) is 14.4.